The van der Waals surface area contributed by atoms with Gasteiger partial charge in [0, 0.05) is 18.3 Å². The van der Waals surface area contributed by atoms with Crippen molar-refractivity contribution in [1.29, 1.82) is 0 Å². The SMILES string of the molecule is O=C(Nc1nc2nccc(-c3cccs3)n2n1)Oc1ccc([N+](=O)[O-])cc1. The van der Waals surface area contributed by atoms with E-state index in [1.54, 1.807) is 23.6 Å². The number of ether oxygens (including phenoxy) is 1. The largest absolute Gasteiger partial charge is 0.419 e. The molecule has 0 saturated carbocycles. The minimum Gasteiger partial charge on any atom is -0.410 e. The van der Waals surface area contributed by atoms with Crippen molar-refractivity contribution in [1.82, 2.24) is 19.6 Å². The molecule has 0 aliphatic heterocycles. The van der Waals surface area contributed by atoms with Crippen molar-refractivity contribution >= 4 is 34.8 Å². The normalized spacial score (nSPS) is 10.7. The summed E-state index contributed by atoms with van der Waals surface area (Å²) in [6.07, 6.45) is 0.787. The van der Waals surface area contributed by atoms with E-state index in [4.69, 9.17) is 4.74 Å². The minimum absolute atomic E-state index is 0.0263. The Morgan fingerprint density at radius 3 is 2.74 bits per heavy atom. The first-order valence-electron chi connectivity index (χ1n) is 7.59. The van der Waals surface area contributed by atoms with E-state index in [1.165, 1.54) is 28.8 Å². The minimum atomic E-state index is -0.822. The molecule has 134 valence electrons. The predicted octanol–water partition coefficient (Wildman–Crippen LogP) is 3.37. The summed E-state index contributed by atoms with van der Waals surface area (Å²) in [5, 5.41) is 19.2. The van der Waals surface area contributed by atoms with Crippen LogP contribution in [0.25, 0.3) is 16.3 Å². The molecule has 1 N–H and O–H groups in total. The Morgan fingerprint density at radius 1 is 1.22 bits per heavy atom. The third kappa shape index (κ3) is 3.43. The molecule has 0 saturated heterocycles. The molecule has 4 aromatic rings. The van der Waals surface area contributed by atoms with Crippen LogP contribution in [-0.2, 0) is 0 Å². The van der Waals surface area contributed by atoms with Crippen molar-refractivity contribution in [2.24, 2.45) is 0 Å². The highest BCUT2D eigenvalue weighted by Crippen LogP contribution is 2.24. The zero-order chi connectivity index (χ0) is 18.8. The van der Waals surface area contributed by atoms with Crippen LogP contribution in [0.5, 0.6) is 5.75 Å². The average molecular weight is 382 g/mol. The van der Waals surface area contributed by atoms with E-state index in [0.29, 0.717) is 5.78 Å². The van der Waals surface area contributed by atoms with E-state index < -0.39 is 11.0 Å². The molecule has 0 bridgehead atoms. The number of nitrogens with one attached hydrogen (secondary N) is 1. The Hall–Kier alpha value is -3.86. The van der Waals surface area contributed by atoms with Gasteiger partial charge in [0.2, 0.25) is 0 Å². The van der Waals surface area contributed by atoms with Gasteiger partial charge in [0.05, 0.1) is 15.5 Å². The molecule has 3 heterocycles. The van der Waals surface area contributed by atoms with E-state index in [-0.39, 0.29) is 17.4 Å². The summed E-state index contributed by atoms with van der Waals surface area (Å²) in [6, 6.07) is 10.8. The summed E-state index contributed by atoms with van der Waals surface area (Å²) >= 11 is 1.54. The number of hydrogen-bond acceptors (Lipinski definition) is 8. The maximum absolute atomic E-state index is 12.0. The summed E-state index contributed by atoms with van der Waals surface area (Å²) in [4.78, 5) is 31.4. The second-order valence-corrected chi connectivity index (χ2v) is 6.17. The molecule has 1 amide bonds. The monoisotopic (exact) mass is 382 g/mol. The number of amides is 1. The third-order valence-corrected chi connectivity index (χ3v) is 4.38. The Kier molecular flexibility index (Phi) is 4.18. The Balaban J connectivity index is 1.52. The van der Waals surface area contributed by atoms with Gasteiger partial charge in [-0.25, -0.2) is 9.78 Å². The van der Waals surface area contributed by atoms with Gasteiger partial charge in [-0.15, -0.1) is 16.4 Å². The van der Waals surface area contributed by atoms with Crippen LogP contribution in [0, 0.1) is 10.1 Å². The number of nitro benzene ring substituents is 1. The second-order valence-electron chi connectivity index (χ2n) is 5.22. The molecular formula is C16H10N6O4S. The van der Waals surface area contributed by atoms with Gasteiger partial charge in [0.15, 0.2) is 0 Å². The molecular weight excluding hydrogens is 372 g/mol. The van der Waals surface area contributed by atoms with E-state index in [0.717, 1.165) is 10.6 Å². The highest BCUT2D eigenvalue weighted by molar-refractivity contribution is 7.13. The molecule has 1 aromatic carbocycles. The lowest BCUT2D eigenvalue weighted by Gasteiger charge is -2.03. The highest BCUT2D eigenvalue weighted by Gasteiger charge is 2.14. The Morgan fingerprint density at radius 2 is 2.04 bits per heavy atom. The van der Waals surface area contributed by atoms with Crippen LogP contribution >= 0.6 is 11.3 Å². The second kappa shape index (κ2) is 6.80. The van der Waals surface area contributed by atoms with E-state index in [9.17, 15) is 14.9 Å². The fourth-order valence-electron chi connectivity index (χ4n) is 2.32. The van der Waals surface area contributed by atoms with Crippen molar-refractivity contribution in [3.05, 3.63) is 64.2 Å². The van der Waals surface area contributed by atoms with Crippen molar-refractivity contribution < 1.29 is 14.5 Å². The smallest absolute Gasteiger partial charge is 0.410 e. The number of thiophene rings is 1. The quantitative estimate of drug-likeness (QED) is 0.424. The number of aromatic nitrogens is 4. The van der Waals surface area contributed by atoms with Gasteiger partial charge < -0.3 is 4.74 Å². The number of hydrogen-bond donors (Lipinski definition) is 1. The molecule has 0 aliphatic rings. The van der Waals surface area contributed by atoms with Gasteiger partial charge in [-0.1, -0.05) is 6.07 Å². The average Bonchev–Trinajstić information content (AvgIpc) is 3.31. The maximum Gasteiger partial charge on any atom is 0.419 e. The molecule has 0 fully saturated rings. The van der Waals surface area contributed by atoms with Crippen LogP contribution in [0.2, 0.25) is 0 Å². The summed E-state index contributed by atoms with van der Waals surface area (Å²) < 4.78 is 6.59. The molecule has 0 aliphatic carbocycles. The summed E-state index contributed by atoms with van der Waals surface area (Å²) in [6.45, 7) is 0. The molecule has 4 rings (SSSR count). The van der Waals surface area contributed by atoms with E-state index in [2.05, 4.69) is 20.4 Å². The van der Waals surface area contributed by atoms with Crippen LogP contribution in [0.1, 0.15) is 0 Å². The van der Waals surface area contributed by atoms with Crippen LogP contribution in [-0.4, -0.2) is 30.6 Å². The van der Waals surface area contributed by atoms with Gasteiger partial charge in [-0.2, -0.15) is 9.50 Å². The summed E-state index contributed by atoms with van der Waals surface area (Å²) in [5.41, 5.74) is 0.691. The first kappa shape index (κ1) is 16.6. The van der Waals surface area contributed by atoms with E-state index >= 15 is 0 Å². The first-order valence-corrected chi connectivity index (χ1v) is 8.47. The number of carbonyl (C=O) groups is 1. The molecule has 0 unspecified atom stereocenters. The molecule has 0 radical (unpaired) electrons. The molecule has 10 nitrogen and oxygen atoms in total. The number of nitrogens with zero attached hydrogens (tertiary/aromatic N) is 5. The van der Waals surface area contributed by atoms with Crippen LogP contribution in [0.4, 0.5) is 16.4 Å². The summed E-state index contributed by atoms with van der Waals surface area (Å²) in [7, 11) is 0. The number of anilines is 1. The molecule has 0 atom stereocenters. The Labute approximate surface area is 155 Å². The number of carbonyl (C=O) groups excluding carboxylic acids is 1. The lowest BCUT2D eigenvalue weighted by atomic mass is 10.3. The lowest BCUT2D eigenvalue weighted by molar-refractivity contribution is -0.384. The van der Waals surface area contributed by atoms with Crippen LogP contribution in [0.3, 0.4) is 0 Å². The zero-order valence-electron chi connectivity index (χ0n) is 13.5. The van der Waals surface area contributed by atoms with Gasteiger partial charge >= 0.3 is 6.09 Å². The molecule has 3 aromatic heterocycles. The fourth-order valence-corrected chi connectivity index (χ4v) is 3.05. The maximum atomic E-state index is 12.0. The number of rotatable bonds is 4. The summed E-state index contributed by atoms with van der Waals surface area (Å²) in [5.74, 6) is 0.504. The van der Waals surface area contributed by atoms with Crippen molar-refractivity contribution in [3.8, 4) is 16.3 Å². The predicted molar refractivity (Wildman–Crippen MR) is 96.8 cm³/mol. The van der Waals surface area contributed by atoms with E-state index in [1.807, 2.05) is 17.5 Å². The number of non-ortho nitro benzene ring substituents is 1. The van der Waals surface area contributed by atoms with Gasteiger partial charge in [-0.3, -0.25) is 15.4 Å². The van der Waals surface area contributed by atoms with Crippen LogP contribution in [0.15, 0.2) is 54.0 Å². The topological polar surface area (TPSA) is 125 Å². The van der Waals surface area contributed by atoms with Crippen molar-refractivity contribution in [2.75, 3.05) is 5.32 Å². The Bertz CT molecular complexity index is 1120. The van der Waals surface area contributed by atoms with Crippen molar-refractivity contribution in [3.63, 3.8) is 0 Å². The third-order valence-electron chi connectivity index (χ3n) is 3.49. The van der Waals surface area contributed by atoms with Crippen molar-refractivity contribution in [2.45, 2.75) is 0 Å². The standard InChI is InChI=1S/C16H10N6O4S/c23-16(26-11-5-3-10(4-6-11)22(24)25)19-14-18-15-17-8-7-12(21(15)20-14)13-2-1-9-27-13/h1-9H,(H,19,20,23). The van der Waals surface area contributed by atoms with Gasteiger partial charge in [0.25, 0.3) is 17.4 Å². The van der Waals surface area contributed by atoms with Gasteiger partial charge in [0.1, 0.15) is 5.75 Å². The molecule has 11 heteroatoms. The number of benzene rings is 1. The van der Waals surface area contributed by atoms with Crippen LogP contribution < -0.4 is 10.1 Å². The molecule has 0 spiro atoms. The highest BCUT2D eigenvalue weighted by atomic mass is 32.1. The number of fused-ring (bicyclic) bond motifs is 1. The zero-order valence-corrected chi connectivity index (χ0v) is 14.3. The fraction of sp³-hybridized carbons (Fsp3) is 0. The van der Waals surface area contributed by atoms with Gasteiger partial charge in [-0.05, 0) is 29.6 Å². The molecule has 27 heavy (non-hydrogen) atoms. The number of nitro groups is 1. The first-order chi connectivity index (χ1) is 13.1. The lowest BCUT2D eigenvalue weighted by Crippen LogP contribution is -2.17.